The van der Waals surface area contributed by atoms with Gasteiger partial charge in [-0.15, -0.1) is 13.2 Å². The number of aromatic nitrogens is 1. The number of primary amides is 1. The van der Waals surface area contributed by atoms with Gasteiger partial charge in [-0.3, -0.25) is 5.32 Å². The Bertz CT molecular complexity index is 780. The number of thiazole rings is 1. The number of rotatable bonds is 5. The van der Waals surface area contributed by atoms with E-state index in [-0.39, 0.29) is 11.7 Å². The van der Waals surface area contributed by atoms with E-state index in [2.05, 4.69) is 19.8 Å². The molecule has 0 bridgehead atoms. The van der Waals surface area contributed by atoms with Gasteiger partial charge < -0.3 is 19.9 Å². The van der Waals surface area contributed by atoms with Crippen molar-refractivity contribution in [2.24, 2.45) is 5.73 Å². The lowest BCUT2D eigenvalue weighted by Gasteiger charge is -2.12. The van der Waals surface area contributed by atoms with Gasteiger partial charge in [0.25, 0.3) is 0 Å². The minimum absolute atomic E-state index is 0.118. The Morgan fingerprint density at radius 3 is 2.76 bits per heavy atom. The Hall–Kier alpha value is -2.76. The van der Waals surface area contributed by atoms with Crippen LogP contribution in [0.1, 0.15) is 6.92 Å². The summed E-state index contributed by atoms with van der Waals surface area (Å²) >= 11 is 0.935. The minimum Gasteiger partial charge on any atom is -0.446 e. The first kappa shape index (κ1) is 18.6. The Morgan fingerprint density at radius 2 is 2.12 bits per heavy atom. The fraction of sp³-hybridized carbons (Fsp3) is 0.308. The van der Waals surface area contributed by atoms with Crippen LogP contribution in [0.15, 0.2) is 18.2 Å². The highest BCUT2D eigenvalue weighted by Crippen LogP contribution is 2.31. The van der Waals surface area contributed by atoms with Crippen molar-refractivity contribution in [1.29, 1.82) is 0 Å². The quantitative estimate of drug-likeness (QED) is 0.825. The van der Waals surface area contributed by atoms with E-state index in [9.17, 15) is 22.8 Å². The standard InChI is InChI=1S/C13H12F3N3O5S/c1-6(5-22-10(17)20)23-12(21)19-11-18-8-3-2-7(4-9(8)25-11)24-13(14,15)16/h2-4,6H,5H2,1H3,(H2,17,20)(H,18,19,21). The van der Waals surface area contributed by atoms with Crippen LogP contribution in [0.4, 0.5) is 27.9 Å². The molecule has 1 heterocycles. The number of anilines is 1. The highest BCUT2D eigenvalue weighted by Gasteiger charge is 2.31. The molecule has 2 rings (SSSR count). The summed E-state index contributed by atoms with van der Waals surface area (Å²) in [5.74, 6) is -0.394. The van der Waals surface area contributed by atoms with Gasteiger partial charge in [0.2, 0.25) is 0 Å². The number of hydrogen-bond donors (Lipinski definition) is 2. The van der Waals surface area contributed by atoms with Crippen LogP contribution in [0.3, 0.4) is 0 Å². The first-order valence-corrected chi connectivity index (χ1v) is 7.50. The topological polar surface area (TPSA) is 113 Å². The zero-order valence-corrected chi connectivity index (χ0v) is 13.4. The van der Waals surface area contributed by atoms with Crippen LogP contribution in [0, 0.1) is 0 Å². The number of alkyl halides is 3. The van der Waals surface area contributed by atoms with E-state index < -0.39 is 30.4 Å². The summed E-state index contributed by atoms with van der Waals surface area (Å²) in [7, 11) is 0. The molecule has 1 aromatic heterocycles. The second kappa shape index (κ2) is 7.42. The summed E-state index contributed by atoms with van der Waals surface area (Å²) < 4.78 is 50.2. The molecule has 0 fully saturated rings. The van der Waals surface area contributed by atoms with Crippen LogP contribution in [0.5, 0.6) is 5.75 Å². The molecule has 12 heteroatoms. The first-order valence-electron chi connectivity index (χ1n) is 6.68. The molecule has 0 spiro atoms. The number of benzene rings is 1. The molecule has 0 saturated carbocycles. The van der Waals surface area contributed by atoms with Gasteiger partial charge in [-0.1, -0.05) is 11.3 Å². The number of halogens is 3. The smallest absolute Gasteiger partial charge is 0.446 e. The SMILES string of the molecule is CC(COC(N)=O)OC(=O)Nc1nc2ccc(OC(F)(F)F)cc2s1. The van der Waals surface area contributed by atoms with Crippen molar-refractivity contribution in [2.45, 2.75) is 19.4 Å². The summed E-state index contributed by atoms with van der Waals surface area (Å²) in [6, 6.07) is 3.59. The predicted molar refractivity (Wildman–Crippen MR) is 81.4 cm³/mol. The van der Waals surface area contributed by atoms with Gasteiger partial charge in [0, 0.05) is 6.07 Å². The molecule has 1 unspecified atom stereocenters. The van der Waals surface area contributed by atoms with Gasteiger partial charge in [-0.05, 0) is 19.1 Å². The minimum atomic E-state index is -4.80. The number of ether oxygens (including phenoxy) is 3. The molecule has 8 nitrogen and oxygen atoms in total. The highest BCUT2D eigenvalue weighted by molar-refractivity contribution is 7.22. The van der Waals surface area contributed by atoms with Crippen molar-refractivity contribution in [3.63, 3.8) is 0 Å². The van der Waals surface area contributed by atoms with Crippen molar-refractivity contribution < 1.29 is 37.0 Å². The molecule has 0 saturated heterocycles. The van der Waals surface area contributed by atoms with Gasteiger partial charge in [-0.25, -0.2) is 14.6 Å². The van der Waals surface area contributed by atoms with E-state index in [1.54, 1.807) is 0 Å². The van der Waals surface area contributed by atoms with E-state index in [1.807, 2.05) is 0 Å². The Balaban J connectivity index is 1.99. The molecule has 25 heavy (non-hydrogen) atoms. The summed E-state index contributed by atoms with van der Waals surface area (Å²) in [5, 5.41) is 2.45. The molecule has 1 aromatic carbocycles. The van der Waals surface area contributed by atoms with Crippen LogP contribution < -0.4 is 15.8 Å². The van der Waals surface area contributed by atoms with Crippen molar-refractivity contribution >= 4 is 38.9 Å². The van der Waals surface area contributed by atoms with Crippen LogP contribution >= 0.6 is 11.3 Å². The zero-order chi connectivity index (χ0) is 18.6. The molecule has 2 amide bonds. The Labute approximate surface area is 142 Å². The van der Waals surface area contributed by atoms with Crippen molar-refractivity contribution in [3.8, 4) is 5.75 Å². The van der Waals surface area contributed by atoms with Gasteiger partial charge in [-0.2, -0.15) is 0 Å². The average Bonchev–Trinajstić information content (AvgIpc) is 2.84. The number of nitrogens with zero attached hydrogens (tertiary/aromatic N) is 1. The van der Waals surface area contributed by atoms with Crippen LogP contribution in [-0.2, 0) is 9.47 Å². The van der Waals surface area contributed by atoms with E-state index in [0.29, 0.717) is 10.2 Å². The van der Waals surface area contributed by atoms with Gasteiger partial charge in [0.1, 0.15) is 18.5 Å². The number of fused-ring (bicyclic) bond motifs is 1. The number of carbonyl (C=O) groups is 2. The number of nitrogens with two attached hydrogens (primary N) is 1. The summed E-state index contributed by atoms with van der Waals surface area (Å²) in [6.07, 6.45) is -7.43. The molecule has 136 valence electrons. The first-order chi connectivity index (χ1) is 11.6. The Morgan fingerprint density at radius 1 is 1.40 bits per heavy atom. The van der Waals surface area contributed by atoms with E-state index >= 15 is 0 Å². The molecule has 0 aliphatic rings. The van der Waals surface area contributed by atoms with E-state index in [0.717, 1.165) is 23.5 Å². The third-order valence-electron chi connectivity index (χ3n) is 2.57. The lowest BCUT2D eigenvalue weighted by atomic mass is 10.3. The fourth-order valence-electron chi connectivity index (χ4n) is 1.69. The fourth-order valence-corrected chi connectivity index (χ4v) is 2.57. The second-order valence-electron chi connectivity index (χ2n) is 4.67. The van der Waals surface area contributed by atoms with Crippen LogP contribution in [0.25, 0.3) is 10.2 Å². The summed E-state index contributed by atoms with van der Waals surface area (Å²) in [4.78, 5) is 26.2. The molecule has 0 radical (unpaired) electrons. The van der Waals surface area contributed by atoms with Crippen LogP contribution in [0.2, 0.25) is 0 Å². The molecule has 0 aliphatic heterocycles. The molecule has 1 atom stereocenters. The van der Waals surface area contributed by atoms with E-state index in [1.165, 1.54) is 13.0 Å². The zero-order valence-electron chi connectivity index (χ0n) is 12.6. The second-order valence-corrected chi connectivity index (χ2v) is 5.70. The monoisotopic (exact) mass is 379 g/mol. The third kappa shape index (κ3) is 5.99. The largest absolute Gasteiger partial charge is 0.573 e. The normalized spacial score (nSPS) is 12.5. The van der Waals surface area contributed by atoms with Crippen molar-refractivity contribution in [3.05, 3.63) is 18.2 Å². The molecule has 3 N–H and O–H groups in total. The molecular formula is C13H12F3N3O5S. The lowest BCUT2D eigenvalue weighted by molar-refractivity contribution is -0.274. The Kier molecular flexibility index (Phi) is 5.51. The van der Waals surface area contributed by atoms with Gasteiger partial charge in [0.15, 0.2) is 5.13 Å². The summed E-state index contributed by atoms with van der Waals surface area (Å²) in [6.45, 7) is 1.25. The van der Waals surface area contributed by atoms with E-state index in [4.69, 9.17) is 10.5 Å². The molecule has 0 aliphatic carbocycles. The maximum atomic E-state index is 12.2. The van der Waals surface area contributed by atoms with Crippen LogP contribution in [-0.4, -0.2) is 36.2 Å². The number of amides is 2. The van der Waals surface area contributed by atoms with Crippen molar-refractivity contribution in [2.75, 3.05) is 11.9 Å². The molecule has 2 aromatic rings. The van der Waals surface area contributed by atoms with Gasteiger partial charge in [0.05, 0.1) is 10.2 Å². The molecular weight excluding hydrogens is 367 g/mol. The maximum absolute atomic E-state index is 12.2. The number of carbonyl (C=O) groups excluding carboxylic acids is 2. The maximum Gasteiger partial charge on any atom is 0.573 e. The lowest BCUT2D eigenvalue weighted by Crippen LogP contribution is -2.26. The third-order valence-corrected chi connectivity index (χ3v) is 3.50. The summed E-state index contributed by atoms with van der Waals surface area (Å²) in [5.41, 5.74) is 5.16. The highest BCUT2D eigenvalue weighted by atomic mass is 32.1. The average molecular weight is 379 g/mol. The predicted octanol–water partition coefficient (Wildman–Crippen LogP) is 3.23. The number of hydrogen-bond acceptors (Lipinski definition) is 7. The van der Waals surface area contributed by atoms with Crippen molar-refractivity contribution in [1.82, 2.24) is 4.98 Å². The van der Waals surface area contributed by atoms with Gasteiger partial charge >= 0.3 is 18.5 Å². The number of nitrogens with one attached hydrogen (secondary N) is 1.